The van der Waals surface area contributed by atoms with Crippen molar-refractivity contribution < 1.29 is 24.3 Å². The predicted octanol–water partition coefficient (Wildman–Crippen LogP) is 7.67. The number of nitrogens with one attached hydrogen (secondary N) is 3. The SMILES string of the molecule is CCN(CC(=O)N1CCc2c1ccc1[nH]c(C(=O)N3CCc4c3ccc3c4cc(C(=O)N4CCc5c4ccc4[nH]c(C(=O)NCCCO)cc54)n3N)cc21)c1ccc(N=Nc2ccccc2)cc1. The van der Waals surface area contributed by atoms with Gasteiger partial charge in [0.2, 0.25) is 5.91 Å². The smallest absolute Gasteiger partial charge is 0.276 e. The molecule has 68 heavy (non-hydrogen) atoms. The standard InChI is InChI=1S/C52H49N11O5/c1-2-59(33-11-9-32(10-12-33)58-57-31-7-4-3-5-8-31)30-49(65)60-23-19-34-38-28-43(56-41(38)13-15-44(34)60)51(67)61-24-21-36-39-29-48(63(53)47(39)18-17-46(36)61)52(68)62-25-20-35-37-27-42(50(66)54-22-6-26-64)55-40(37)14-16-45(35)62/h3-5,7-18,27-29,55-56,64H,2,6,19-26,30,53H2,1H3,(H,54,66). The topological polar surface area (TPSA) is 201 Å². The Morgan fingerprint density at radius 3 is 1.91 bits per heavy atom. The van der Waals surface area contributed by atoms with Gasteiger partial charge in [-0.05, 0) is 140 Å². The van der Waals surface area contributed by atoms with Gasteiger partial charge in [0.25, 0.3) is 17.7 Å². The molecule has 16 nitrogen and oxygen atoms in total. The van der Waals surface area contributed by atoms with Crippen LogP contribution in [0.4, 0.5) is 34.1 Å². The number of carbonyl (C=O) groups is 4. The number of fused-ring (bicyclic) bond motifs is 9. The van der Waals surface area contributed by atoms with E-state index in [1.165, 1.54) is 4.68 Å². The summed E-state index contributed by atoms with van der Waals surface area (Å²) in [4.78, 5) is 69.3. The molecular formula is C52H49N11O5. The number of hydrogen-bond acceptors (Lipinski definition) is 9. The number of aromatic amines is 2. The van der Waals surface area contributed by atoms with Crippen LogP contribution >= 0.6 is 0 Å². The van der Waals surface area contributed by atoms with Crippen LogP contribution in [0.2, 0.25) is 0 Å². The van der Waals surface area contributed by atoms with Crippen molar-refractivity contribution in [2.75, 3.05) is 71.3 Å². The molecule has 0 spiro atoms. The molecule has 5 aromatic carbocycles. The lowest BCUT2D eigenvalue weighted by molar-refractivity contribution is -0.117. The van der Waals surface area contributed by atoms with E-state index in [4.69, 9.17) is 10.9 Å². The van der Waals surface area contributed by atoms with Crippen molar-refractivity contribution >= 4 is 90.5 Å². The Balaban J connectivity index is 0.790. The molecule has 11 rings (SSSR count). The van der Waals surface area contributed by atoms with E-state index in [1.54, 1.807) is 9.80 Å². The molecule has 0 bridgehead atoms. The quantitative estimate of drug-likeness (QED) is 0.0470. The number of likely N-dealkylation sites (N-methyl/N-ethyl adjacent to an activating group) is 1. The zero-order valence-corrected chi connectivity index (χ0v) is 37.5. The maximum Gasteiger partial charge on any atom is 0.276 e. The number of aliphatic hydroxyl groups excluding tert-OH is 1. The summed E-state index contributed by atoms with van der Waals surface area (Å²) in [5.41, 5.74) is 11.3. The number of amides is 4. The minimum absolute atomic E-state index is 0.00292. The summed E-state index contributed by atoms with van der Waals surface area (Å²) >= 11 is 0. The molecule has 16 heteroatoms. The summed E-state index contributed by atoms with van der Waals surface area (Å²) in [5.74, 6) is 6.02. The average Bonchev–Trinajstić information content (AvgIpc) is 4.23. The summed E-state index contributed by atoms with van der Waals surface area (Å²) in [7, 11) is 0. The van der Waals surface area contributed by atoms with Crippen molar-refractivity contribution in [3.05, 3.63) is 143 Å². The molecule has 0 saturated heterocycles. The van der Waals surface area contributed by atoms with Gasteiger partial charge < -0.3 is 45.8 Å². The number of hydrogen-bond donors (Lipinski definition) is 5. The van der Waals surface area contributed by atoms with E-state index in [-0.39, 0.29) is 36.8 Å². The van der Waals surface area contributed by atoms with Gasteiger partial charge in [-0.1, -0.05) is 18.2 Å². The van der Waals surface area contributed by atoms with Crippen LogP contribution in [-0.4, -0.2) is 89.3 Å². The molecule has 0 atom stereocenters. The normalized spacial score (nSPS) is 14.1. The van der Waals surface area contributed by atoms with E-state index in [2.05, 4.69) is 25.5 Å². The summed E-state index contributed by atoms with van der Waals surface area (Å²) in [6, 6.07) is 34.3. The van der Waals surface area contributed by atoms with Gasteiger partial charge in [0.05, 0.1) is 23.4 Å². The number of nitrogens with zero attached hydrogens (tertiary/aromatic N) is 7. The number of azo groups is 1. The predicted molar refractivity (Wildman–Crippen MR) is 264 cm³/mol. The van der Waals surface area contributed by atoms with Crippen molar-refractivity contribution in [3.63, 3.8) is 0 Å². The number of nitrogens with two attached hydrogens (primary N) is 1. The van der Waals surface area contributed by atoms with Gasteiger partial charge >= 0.3 is 0 Å². The zero-order chi connectivity index (χ0) is 46.6. The van der Waals surface area contributed by atoms with Gasteiger partial charge in [0.15, 0.2) is 0 Å². The van der Waals surface area contributed by atoms with Crippen molar-refractivity contribution in [2.45, 2.75) is 32.6 Å². The summed E-state index contributed by atoms with van der Waals surface area (Å²) in [5, 5.41) is 23.2. The fourth-order valence-electron chi connectivity index (χ4n) is 10.1. The van der Waals surface area contributed by atoms with Crippen molar-refractivity contribution in [2.24, 2.45) is 10.2 Å². The lowest BCUT2D eigenvalue weighted by Crippen LogP contribution is -2.39. The molecule has 6 heterocycles. The van der Waals surface area contributed by atoms with Crippen LogP contribution in [0.5, 0.6) is 0 Å². The van der Waals surface area contributed by atoms with E-state index in [9.17, 15) is 19.2 Å². The number of benzene rings is 5. The minimum Gasteiger partial charge on any atom is -0.396 e. The number of nitrogen functional groups attached to an aromatic ring is 1. The fraction of sp³-hybridized carbons (Fsp3) is 0.231. The first-order valence-electron chi connectivity index (χ1n) is 23.1. The van der Waals surface area contributed by atoms with Crippen molar-refractivity contribution in [3.8, 4) is 0 Å². The van der Waals surface area contributed by atoms with Gasteiger partial charge in [-0.3, -0.25) is 23.9 Å². The number of carbonyl (C=O) groups excluding carboxylic acids is 4. The average molecular weight is 908 g/mol. The van der Waals surface area contributed by atoms with Crippen LogP contribution in [-0.2, 0) is 24.1 Å². The highest BCUT2D eigenvalue weighted by Gasteiger charge is 2.34. The van der Waals surface area contributed by atoms with E-state index in [1.807, 2.05) is 126 Å². The van der Waals surface area contributed by atoms with E-state index in [0.717, 1.165) is 78.0 Å². The Kier molecular flexibility index (Phi) is 10.7. The zero-order valence-electron chi connectivity index (χ0n) is 37.5. The Morgan fingerprint density at radius 2 is 1.25 bits per heavy atom. The number of aliphatic hydroxyl groups is 1. The highest BCUT2D eigenvalue weighted by molar-refractivity contribution is 6.14. The number of rotatable bonds is 12. The molecule has 0 radical (unpaired) electrons. The third-order valence-electron chi connectivity index (χ3n) is 13.6. The number of aromatic nitrogens is 3. The maximum absolute atomic E-state index is 14.4. The number of anilines is 4. The molecule has 3 aliphatic rings. The van der Waals surface area contributed by atoms with Crippen LogP contribution in [0.3, 0.4) is 0 Å². The molecule has 0 aliphatic carbocycles. The first kappa shape index (κ1) is 42.4. The second-order valence-corrected chi connectivity index (χ2v) is 17.4. The van der Waals surface area contributed by atoms with Gasteiger partial charge in [0.1, 0.15) is 17.1 Å². The van der Waals surface area contributed by atoms with Crippen LogP contribution in [0, 0.1) is 0 Å². The molecule has 0 unspecified atom stereocenters. The Hall–Kier alpha value is -8.24. The first-order valence-corrected chi connectivity index (χ1v) is 23.1. The highest BCUT2D eigenvalue weighted by atomic mass is 16.3. The second-order valence-electron chi connectivity index (χ2n) is 17.4. The van der Waals surface area contributed by atoms with Crippen LogP contribution in [0.15, 0.2) is 119 Å². The Morgan fingerprint density at radius 1 is 0.676 bits per heavy atom. The van der Waals surface area contributed by atoms with E-state index >= 15 is 0 Å². The third-order valence-corrected chi connectivity index (χ3v) is 13.6. The molecule has 3 aromatic heterocycles. The lowest BCUT2D eigenvalue weighted by Gasteiger charge is -2.26. The van der Waals surface area contributed by atoms with Gasteiger partial charge in [-0.15, -0.1) is 0 Å². The van der Waals surface area contributed by atoms with Crippen LogP contribution in [0.25, 0.3) is 32.7 Å². The fourth-order valence-corrected chi connectivity index (χ4v) is 10.1. The summed E-state index contributed by atoms with van der Waals surface area (Å²) in [6.07, 6.45) is 2.35. The molecule has 0 fully saturated rings. The first-order chi connectivity index (χ1) is 33.2. The molecule has 8 aromatic rings. The molecule has 3 aliphatic heterocycles. The summed E-state index contributed by atoms with van der Waals surface area (Å²) in [6.45, 7) is 4.72. The van der Waals surface area contributed by atoms with Gasteiger partial charge in [-0.2, -0.15) is 10.2 Å². The number of H-pyrrole nitrogens is 2. The minimum atomic E-state index is -0.250. The maximum atomic E-state index is 14.4. The largest absolute Gasteiger partial charge is 0.396 e. The Labute approximate surface area is 390 Å². The lowest BCUT2D eigenvalue weighted by atomic mass is 10.1. The van der Waals surface area contributed by atoms with Crippen LogP contribution < -0.4 is 30.8 Å². The second kappa shape index (κ2) is 17.2. The van der Waals surface area contributed by atoms with Gasteiger partial charge in [0, 0.05) is 89.3 Å². The van der Waals surface area contributed by atoms with E-state index in [0.29, 0.717) is 81.0 Å². The van der Waals surface area contributed by atoms with Crippen LogP contribution in [0.1, 0.15) is 61.5 Å². The van der Waals surface area contributed by atoms with Gasteiger partial charge in [-0.25, -0.2) is 0 Å². The third kappa shape index (κ3) is 7.29. The Bertz CT molecular complexity index is 3350. The van der Waals surface area contributed by atoms with Crippen molar-refractivity contribution in [1.82, 2.24) is 20.0 Å². The van der Waals surface area contributed by atoms with E-state index < -0.39 is 0 Å². The highest BCUT2D eigenvalue weighted by Crippen LogP contribution is 2.40. The molecule has 0 saturated carbocycles. The molecule has 6 N–H and O–H groups in total. The molecular weight excluding hydrogens is 859 g/mol. The molecule has 4 amide bonds. The monoisotopic (exact) mass is 907 g/mol. The van der Waals surface area contributed by atoms with Crippen molar-refractivity contribution in [1.29, 1.82) is 0 Å². The summed E-state index contributed by atoms with van der Waals surface area (Å²) < 4.78 is 1.44. The molecule has 342 valence electrons.